The van der Waals surface area contributed by atoms with Crippen molar-refractivity contribution in [3.63, 3.8) is 0 Å². The van der Waals surface area contributed by atoms with Crippen molar-refractivity contribution in [2.45, 2.75) is 32.6 Å². The van der Waals surface area contributed by atoms with Crippen LogP contribution in [0.2, 0.25) is 0 Å². The summed E-state index contributed by atoms with van der Waals surface area (Å²) in [6.45, 7) is 5.03. The van der Waals surface area contributed by atoms with Crippen molar-refractivity contribution in [1.82, 2.24) is 9.80 Å². The monoisotopic (exact) mass is 372 g/mol. The van der Waals surface area contributed by atoms with E-state index < -0.39 is 0 Å². The lowest BCUT2D eigenvalue weighted by Gasteiger charge is -2.30. The lowest BCUT2D eigenvalue weighted by Crippen LogP contribution is -2.41. The van der Waals surface area contributed by atoms with Gasteiger partial charge in [0.25, 0.3) is 5.91 Å². The Morgan fingerprint density at radius 3 is 2.41 bits per heavy atom. The number of nitrogens with zero attached hydrogens (tertiary/aromatic N) is 3. The van der Waals surface area contributed by atoms with E-state index in [9.17, 15) is 9.59 Å². The van der Waals surface area contributed by atoms with Crippen molar-refractivity contribution in [3.05, 3.63) is 30.3 Å². The second-order valence-electron chi connectivity index (χ2n) is 7.28. The van der Waals surface area contributed by atoms with Crippen molar-refractivity contribution in [2.24, 2.45) is 11.1 Å². The summed E-state index contributed by atoms with van der Waals surface area (Å²) in [5.74, 6) is 0.699. The molecule has 3 amide bonds. The SMILES string of the molecule is CC1CCN(C(=O)CON=C2CCN(C(=O)Nc3ccccc3)CC2)CC1. The van der Waals surface area contributed by atoms with Gasteiger partial charge in [0, 0.05) is 44.7 Å². The van der Waals surface area contributed by atoms with E-state index in [0.717, 1.165) is 37.3 Å². The molecule has 146 valence electrons. The predicted octanol–water partition coefficient (Wildman–Crippen LogP) is 2.95. The Balaban J connectivity index is 1.37. The number of oxime groups is 1. The second-order valence-corrected chi connectivity index (χ2v) is 7.28. The Bertz CT molecular complexity index is 659. The highest BCUT2D eigenvalue weighted by Crippen LogP contribution is 2.16. The number of anilines is 1. The summed E-state index contributed by atoms with van der Waals surface area (Å²) in [5.41, 5.74) is 1.69. The van der Waals surface area contributed by atoms with Gasteiger partial charge in [0.2, 0.25) is 0 Å². The van der Waals surface area contributed by atoms with Gasteiger partial charge < -0.3 is 20.0 Å². The summed E-state index contributed by atoms with van der Waals surface area (Å²) in [7, 11) is 0. The minimum Gasteiger partial charge on any atom is -0.386 e. The third kappa shape index (κ3) is 5.70. The topological polar surface area (TPSA) is 74.2 Å². The van der Waals surface area contributed by atoms with Gasteiger partial charge in [-0.25, -0.2) is 4.79 Å². The highest BCUT2D eigenvalue weighted by atomic mass is 16.6. The van der Waals surface area contributed by atoms with Crippen molar-refractivity contribution in [1.29, 1.82) is 0 Å². The Labute approximate surface area is 160 Å². The standard InChI is InChI=1S/C20H28N4O3/c1-16-7-11-23(12-8-16)19(25)15-27-22-18-9-13-24(14-10-18)20(26)21-17-5-3-2-4-6-17/h2-6,16H,7-15H2,1H3,(H,21,26). The molecule has 0 bridgehead atoms. The summed E-state index contributed by atoms with van der Waals surface area (Å²) < 4.78 is 0. The highest BCUT2D eigenvalue weighted by molar-refractivity contribution is 5.92. The van der Waals surface area contributed by atoms with Gasteiger partial charge in [0.05, 0.1) is 5.71 Å². The van der Waals surface area contributed by atoms with Crippen LogP contribution in [0.5, 0.6) is 0 Å². The van der Waals surface area contributed by atoms with Crippen LogP contribution in [-0.4, -0.2) is 60.2 Å². The zero-order valence-corrected chi connectivity index (χ0v) is 15.9. The van der Waals surface area contributed by atoms with Gasteiger partial charge in [-0.2, -0.15) is 0 Å². The van der Waals surface area contributed by atoms with Gasteiger partial charge >= 0.3 is 6.03 Å². The number of carbonyl (C=O) groups is 2. The summed E-state index contributed by atoms with van der Waals surface area (Å²) in [6, 6.07) is 9.32. The van der Waals surface area contributed by atoms with E-state index in [1.807, 2.05) is 35.2 Å². The molecule has 2 aliphatic heterocycles. The molecule has 2 aliphatic rings. The number of rotatable bonds is 4. The number of urea groups is 1. The van der Waals surface area contributed by atoms with Crippen LogP contribution in [0.3, 0.4) is 0 Å². The summed E-state index contributed by atoms with van der Waals surface area (Å²) in [4.78, 5) is 33.3. The third-order valence-electron chi connectivity index (χ3n) is 5.17. The maximum absolute atomic E-state index is 12.3. The van der Waals surface area contributed by atoms with Crippen LogP contribution in [0.4, 0.5) is 10.5 Å². The molecule has 2 saturated heterocycles. The molecule has 0 unspecified atom stereocenters. The molecule has 3 rings (SSSR count). The van der Waals surface area contributed by atoms with E-state index in [0.29, 0.717) is 31.8 Å². The molecule has 0 saturated carbocycles. The molecule has 0 aliphatic carbocycles. The first-order valence-corrected chi connectivity index (χ1v) is 9.68. The minimum atomic E-state index is -0.101. The van der Waals surface area contributed by atoms with Crippen LogP contribution < -0.4 is 5.32 Å². The number of amides is 3. The number of benzene rings is 1. The first-order valence-electron chi connectivity index (χ1n) is 9.68. The summed E-state index contributed by atoms with van der Waals surface area (Å²) in [5, 5.41) is 7.01. The molecule has 27 heavy (non-hydrogen) atoms. The van der Waals surface area contributed by atoms with Gasteiger partial charge in [-0.05, 0) is 30.9 Å². The molecular formula is C20H28N4O3. The van der Waals surface area contributed by atoms with Crippen LogP contribution in [0.1, 0.15) is 32.6 Å². The number of piperidine rings is 2. The van der Waals surface area contributed by atoms with Gasteiger partial charge in [0.1, 0.15) is 0 Å². The van der Waals surface area contributed by atoms with Gasteiger partial charge in [-0.1, -0.05) is 30.3 Å². The van der Waals surface area contributed by atoms with Gasteiger partial charge in [0.15, 0.2) is 6.61 Å². The molecule has 2 fully saturated rings. The Morgan fingerprint density at radius 2 is 1.74 bits per heavy atom. The fourth-order valence-corrected chi connectivity index (χ4v) is 3.31. The van der Waals surface area contributed by atoms with E-state index in [1.54, 1.807) is 4.90 Å². The van der Waals surface area contributed by atoms with Crippen LogP contribution in [0.15, 0.2) is 35.5 Å². The Hall–Kier alpha value is -2.57. The molecule has 0 spiro atoms. The molecule has 7 nitrogen and oxygen atoms in total. The predicted molar refractivity (Wildman–Crippen MR) is 105 cm³/mol. The van der Waals surface area contributed by atoms with E-state index in [1.165, 1.54) is 0 Å². The van der Waals surface area contributed by atoms with Gasteiger partial charge in [-0.15, -0.1) is 0 Å². The number of nitrogens with one attached hydrogen (secondary N) is 1. The first-order chi connectivity index (χ1) is 13.1. The molecule has 2 heterocycles. The maximum Gasteiger partial charge on any atom is 0.321 e. The van der Waals surface area contributed by atoms with Crippen molar-refractivity contribution < 1.29 is 14.4 Å². The minimum absolute atomic E-state index is 0.00388. The second kappa shape index (κ2) is 9.39. The quantitative estimate of drug-likeness (QED) is 0.826. The van der Waals surface area contributed by atoms with Crippen LogP contribution in [-0.2, 0) is 9.63 Å². The van der Waals surface area contributed by atoms with Gasteiger partial charge in [-0.3, -0.25) is 4.79 Å². The smallest absolute Gasteiger partial charge is 0.321 e. The lowest BCUT2D eigenvalue weighted by molar-refractivity contribution is -0.137. The van der Waals surface area contributed by atoms with Crippen LogP contribution in [0, 0.1) is 5.92 Å². The number of para-hydroxylation sites is 1. The lowest BCUT2D eigenvalue weighted by atomic mass is 9.99. The van der Waals surface area contributed by atoms with Crippen LogP contribution >= 0.6 is 0 Å². The summed E-state index contributed by atoms with van der Waals surface area (Å²) in [6.07, 6.45) is 3.44. The number of hydrogen-bond acceptors (Lipinski definition) is 4. The van der Waals surface area contributed by atoms with Crippen molar-refractivity contribution in [3.8, 4) is 0 Å². The zero-order valence-electron chi connectivity index (χ0n) is 15.9. The molecule has 1 N–H and O–H groups in total. The molecule has 0 radical (unpaired) electrons. The Morgan fingerprint density at radius 1 is 1.07 bits per heavy atom. The molecule has 1 aromatic carbocycles. The first kappa shape index (κ1) is 19.2. The average Bonchev–Trinajstić information content (AvgIpc) is 2.69. The molecular weight excluding hydrogens is 344 g/mol. The Kier molecular flexibility index (Phi) is 6.68. The zero-order chi connectivity index (χ0) is 19.1. The highest BCUT2D eigenvalue weighted by Gasteiger charge is 2.22. The molecule has 7 heteroatoms. The van der Waals surface area contributed by atoms with E-state index in [2.05, 4.69) is 17.4 Å². The maximum atomic E-state index is 12.3. The average molecular weight is 372 g/mol. The summed E-state index contributed by atoms with van der Waals surface area (Å²) >= 11 is 0. The number of likely N-dealkylation sites (tertiary alicyclic amines) is 2. The fraction of sp³-hybridized carbons (Fsp3) is 0.550. The van der Waals surface area contributed by atoms with E-state index >= 15 is 0 Å². The third-order valence-corrected chi connectivity index (χ3v) is 5.17. The molecule has 0 aromatic heterocycles. The normalized spacial score (nSPS) is 18.2. The molecule has 0 atom stereocenters. The fourth-order valence-electron chi connectivity index (χ4n) is 3.31. The largest absolute Gasteiger partial charge is 0.386 e. The van der Waals surface area contributed by atoms with Crippen molar-refractivity contribution in [2.75, 3.05) is 38.1 Å². The van der Waals surface area contributed by atoms with E-state index in [4.69, 9.17) is 4.84 Å². The number of hydrogen-bond donors (Lipinski definition) is 1. The van der Waals surface area contributed by atoms with Crippen molar-refractivity contribution >= 4 is 23.3 Å². The van der Waals surface area contributed by atoms with Crippen LogP contribution in [0.25, 0.3) is 0 Å². The van der Waals surface area contributed by atoms with E-state index in [-0.39, 0.29) is 18.5 Å². The molecule has 1 aromatic rings. The number of carbonyl (C=O) groups excluding carboxylic acids is 2.